The van der Waals surface area contributed by atoms with Crippen molar-refractivity contribution in [1.29, 1.82) is 0 Å². The van der Waals surface area contributed by atoms with Crippen molar-refractivity contribution in [2.45, 2.75) is 26.7 Å². The van der Waals surface area contributed by atoms with E-state index in [1.165, 1.54) is 6.07 Å². The molecular weight excluding hydrogens is 242 g/mol. The molecule has 1 unspecified atom stereocenters. The fourth-order valence-electron chi connectivity index (χ4n) is 1.88. The predicted octanol–water partition coefficient (Wildman–Crippen LogP) is 2.43. The minimum atomic E-state index is -0.993. The molecule has 4 heteroatoms. The van der Waals surface area contributed by atoms with E-state index in [0.29, 0.717) is 18.0 Å². The molecular formula is C15H21NO3. The van der Waals surface area contributed by atoms with Crippen LogP contribution in [0.5, 0.6) is 0 Å². The summed E-state index contributed by atoms with van der Waals surface area (Å²) in [6.07, 6.45) is 1.15. The molecule has 0 aliphatic rings. The molecule has 19 heavy (non-hydrogen) atoms. The Hall–Kier alpha value is -1.84. The third kappa shape index (κ3) is 4.39. The molecule has 0 saturated carbocycles. The maximum atomic E-state index is 12.1. The summed E-state index contributed by atoms with van der Waals surface area (Å²) in [4.78, 5) is 24.8. The number of hydrogen-bond donors (Lipinski definition) is 1. The van der Waals surface area contributed by atoms with E-state index < -0.39 is 5.97 Å². The molecule has 1 N–H and O–H groups in total. The van der Waals surface area contributed by atoms with E-state index in [-0.39, 0.29) is 17.9 Å². The number of hydrogen-bond acceptors (Lipinski definition) is 2. The zero-order valence-electron chi connectivity index (χ0n) is 11.7. The van der Waals surface area contributed by atoms with Crippen molar-refractivity contribution < 1.29 is 14.7 Å². The number of nitrogens with zero attached hydrogens (tertiary/aromatic N) is 1. The first-order chi connectivity index (χ1) is 8.95. The number of carboxylic acid groups (broad SMARTS) is 1. The minimum absolute atomic E-state index is 0.0472. The van der Waals surface area contributed by atoms with Gasteiger partial charge in [0.2, 0.25) is 5.91 Å². The molecule has 0 heterocycles. The molecule has 1 amide bonds. The zero-order chi connectivity index (χ0) is 14.4. The van der Waals surface area contributed by atoms with Gasteiger partial charge in [0, 0.05) is 13.6 Å². The van der Waals surface area contributed by atoms with Crippen LogP contribution in [0.1, 0.15) is 36.2 Å². The number of benzene rings is 1. The molecule has 0 saturated heterocycles. The Bertz CT molecular complexity index is 456. The van der Waals surface area contributed by atoms with Crippen LogP contribution in [0.2, 0.25) is 0 Å². The first-order valence-corrected chi connectivity index (χ1v) is 6.50. The van der Waals surface area contributed by atoms with Gasteiger partial charge in [0.1, 0.15) is 0 Å². The molecule has 1 rings (SSSR count). The van der Waals surface area contributed by atoms with Gasteiger partial charge in [-0.1, -0.05) is 38.5 Å². The SMILES string of the molecule is CCC(C)CN(C)C(=O)Cc1ccccc1C(=O)O. The Morgan fingerprint density at radius 1 is 1.32 bits per heavy atom. The second-order valence-corrected chi connectivity index (χ2v) is 4.93. The summed E-state index contributed by atoms with van der Waals surface area (Å²) in [5.41, 5.74) is 0.767. The molecule has 0 aromatic heterocycles. The van der Waals surface area contributed by atoms with Crippen LogP contribution in [0, 0.1) is 5.92 Å². The highest BCUT2D eigenvalue weighted by atomic mass is 16.4. The van der Waals surface area contributed by atoms with Crippen molar-refractivity contribution in [3.8, 4) is 0 Å². The van der Waals surface area contributed by atoms with E-state index in [4.69, 9.17) is 5.11 Å². The number of carboxylic acids is 1. The Balaban J connectivity index is 2.74. The fourth-order valence-corrected chi connectivity index (χ4v) is 1.88. The van der Waals surface area contributed by atoms with E-state index in [1.807, 2.05) is 0 Å². The van der Waals surface area contributed by atoms with E-state index in [9.17, 15) is 9.59 Å². The smallest absolute Gasteiger partial charge is 0.335 e. The Kier molecular flexibility index (Phi) is 5.55. The summed E-state index contributed by atoms with van der Waals surface area (Å²) in [5.74, 6) is -0.592. The first-order valence-electron chi connectivity index (χ1n) is 6.50. The molecule has 1 atom stereocenters. The Morgan fingerprint density at radius 2 is 1.95 bits per heavy atom. The largest absolute Gasteiger partial charge is 0.478 e. The highest BCUT2D eigenvalue weighted by Gasteiger charge is 2.16. The van der Waals surface area contributed by atoms with Crippen LogP contribution in [0.25, 0.3) is 0 Å². The first kappa shape index (κ1) is 15.2. The molecule has 0 bridgehead atoms. The van der Waals surface area contributed by atoms with Gasteiger partial charge in [-0.15, -0.1) is 0 Å². The van der Waals surface area contributed by atoms with Crippen LogP contribution in [0.3, 0.4) is 0 Å². The Labute approximate surface area is 114 Å². The number of carbonyl (C=O) groups is 2. The lowest BCUT2D eigenvalue weighted by molar-refractivity contribution is -0.129. The lowest BCUT2D eigenvalue weighted by Gasteiger charge is -2.21. The van der Waals surface area contributed by atoms with E-state index in [1.54, 1.807) is 30.1 Å². The van der Waals surface area contributed by atoms with Gasteiger partial charge in [0.25, 0.3) is 0 Å². The molecule has 0 spiro atoms. The topological polar surface area (TPSA) is 57.6 Å². The average Bonchev–Trinajstić information content (AvgIpc) is 2.38. The summed E-state index contributed by atoms with van der Waals surface area (Å²) >= 11 is 0. The lowest BCUT2D eigenvalue weighted by atomic mass is 10.0. The third-order valence-corrected chi connectivity index (χ3v) is 3.30. The van der Waals surface area contributed by atoms with Gasteiger partial charge in [-0.05, 0) is 17.5 Å². The standard InChI is InChI=1S/C15H21NO3/c1-4-11(2)10-16(3)14(17)9-12-7-5-6-8-13(12)15(18)19/h5-8,11H,4,9-10H2,1-3H3,(H,18,19). The molecule has 0 aliphatic heterocycles. The third-order valence-electron chi connectivity index (χ3n) is 3.30. The van der Waals surface area contributed by atoms with Gasteiger partial charge in [0.05, 0.1) is 12.0 Å². The summed E-state index contributed by atoms with van der Waals surface area (Å²) in [6.45, 7) is 4.88. The van der Waals surface area contributed by atoms with E-state index in [2.05, 4.69) is 13.8 Å². The van der Waals surface area contributed by atoms with Crippen molar-refractivity contribution >= 4 is 11.9 Å². The molecule has 104 valence electrons. The Morgan fingerprint density at radius 3 is 2.53 bits per heavy atom. The number of likely N-dealkylation sites (N-methyl/N-ethyl adjacent to an activating group) is 1. The summed E-state index contributed by atoms with van der Waals surface area (Å²) in [6, 6.07) is 6.64. The van der Waals surface area contributed by atoms with Gasteiger partial charge in [0.15, 0.2) is 0 Å². The van der Waals surface area contributed by atoms with Crippen LogP contribution in [0.4, 0.5) is 0 Å². The fraction of sp³-hybridized carbons (Fsp3) is 0.467. The zero-order valence-corrected chi connectivity index (χ0v) is 11.7. The monoisotopic (exact) mass is 263 g/mol. The summed E-state index contributed by atoms with van der Waals surface area (Å²) in [7, 11) is 1.76. The van der Waals surface area contributed by atoms with Gasteiger partial charge in [-0.3, -0.25) is 4.79 Å². The van der Waals surface area contributed by atoms with Crippen molar-refractivity contribution in [3.63, 3.8) is 0 Å². The number of amides is 1. The normalized spacial score (nSPS) is 11.9. The van der Waals surface area contributed by atoms with Crippen molar-refractivity contribution in [2.24, 2.45) is 5.92 Å². The molecule has 0 aliphatic carbocycles. The predicted molar refractivity (Wildman–Crippen MR) is 74.2 cm³/mol. The minimum Gasteiger partial charge on any atom is -0.478 e. The number of carbonyl (C=O) groups excluding carboxylic acids is 1. The molecule has 4 nitrogen and oxygen atoms in total. The molecule has 1 aromatic carbocycles. The van der Waals surface area contributed by atoms with Crippen LogP contribution in [-0.2, 0) is 11.2 Å². The van der Waals surface area contributed by atoms with Crippen LogP contribution in [0.15, 0.2) is 24.3 Å². The van der Waals surface area contributed by atoms with Gasteiger partial charge >= 0.3 is 5.97 Å². The number of rotatable bonds is 6. The lowest BCUT2D eigenvalue weighted by Crippen LogP contribution is -2.32. The van der Waals surface area contributed by atoms with Gasteiger partial charge in [-0.25, -0.2) is 4.79 Å². The molecule has 0 radical (unpaired) electrons. The molecule has 0 fully saturated rings. The summed E-state index contributed by atoms with van der Waals surface area (Å²) < 4.78 is 0. The van der Waals surface area contributed by atoms with Crippen molar-refractivity contribution in [1.82, 2.24) is 4.90 Å². The quantitative estimate of drug-likeness (QED) is 0.857. The maximum absolute atomic E-state index is 12.1. The highest BCUT2D eigenvalue weighted by Crippen LogP contribution is 2.11. The average molecular weight is 263 g/mol. The second kappa shape index (κ2) is 6.92. The van der Waals surface area contributed by atoms with E-state index in [0.717, 1.165) is 6.42 Å². The molecule has 1 aromatic rings. The van der Waals surface area contributed by atoms with Gasteiger partial charge in [-0.2, -0.15) is 0 Å². The van der Waals surface area contributed by atoms with E-state index >= 15 is 0 Å². The highest BCUT2D eigenvalue weighted by molar-refractivity contribution is 5.91. The maximum Gasteiger partial charge on any atom is 0.335 e. The van der Waals surface area contributed by atoms with Gasteiger partial charge < -0.3 is 10.0 Å². The number of aromatic carboxylic acids is 1. The van der Waals surface area contributed by atoms with Crippen molar-refractivity contribution in [3.05, 3.63) is 35.4 Å². The van der Waals surface area contributed by atoms with Crippen molar-refractivity contribution in [2.75, 3.05) is 13.6 Å². The van der Waals surface area contributed by atoms with Crippen LogP contribution < -0.4 is 0 Å². The van der Waals surface area contributed by atoms with Crippen LogP contribution in [-0.4, -0.2) is 35.5 Å². The van der Waals surface area contributed by atoms with Crippen LogP contribution >= 0.6 is 0 Å². The second-order valence-electron chi connectivity index (χ2n) is 4.93. The summed E-state index contributed by atoms with van der Waals surface area (Å²) in [5, 5.41) is 9.08.